The predicted molar refractivity (Wildman–Crippen MR) is 100 cm³/mol. The number of rotatable bonds is 7. The summed E-state index contributed by atoms with van der Waals surface area (Å²) in [6.45, 7) is 10.8. The summed E-state index contributed by atoms with van der Waals surface area (Å²) in [4.78, 5) is 4.55. The van der Waals surface area contributed by atoms with Gasteiger partial charge >= 0.3 is 0 Å². The van der Waals surface area contributed by atoms with E-state index in [-0.39, 0.29) is 11.9 Å². The molecular weight excluding hydrogens is 331 g/mol. The first-order valence-electron chi connectivity index (χ1n) is 9.59. The molecule has 3 rings (SSSR count). The van der Waals surface area contributed by atoms with Gasteiger partial charge in [-0.05, 0) is 41.3 Å². The van der Waals surface area contributed by atoms with E-state index in [1.807, 2.05) is 16.8 Å². The zero-order valence-corrected chi connectivity index (χ0v) is 16.0. The third-order valence-corrected chi connectivity index (χ3v) is 5.11. The molecule has 1 aromatic heterocycles. The first-order valence-corrected chi connectivity index (χ1v) is 9.59. The van der Waals surface area contributed by atoms with Crippen LogP contribution in [0.4, 0.5) is 10.1 Å². The SMILES string of the molecule is CC[C@@H](c1nnnn1CCC(C)C)N1CCN(c2ccccc2F)CC1. The molecule has 26 heavy (non-hydrogen) atoms. The summed E-state index contributed by atoms with van der Waals surface area (Å²) in [5, 5.41) is 12.4. The van der Waals surface area contributed by atoms with Crippen molar-refractivity contribution in [3.8, 4) is 0 Å². The maximum absolute atomic E-state index is 14.0. The lowest BCUT2D eigenvalue weighted by Gasteiger charge is -2.39. The minimum Gasteiger partial charge on any atom is -0.367 e. The summed E-state index contributed by atoms with van der Waals surface area (Å²) in [6, 6.07) is 7.22. The highest BCUT2D eigenvalue weighted by atomic mass is 19.1. The summed E-state index contributed by atoms with van der Waals surface area (Å²) < 4.78 is 16.0. The number of halogens is 1. The van der Waals surface area contributed by atoms with E-state index in [1.54, 1.807) is 6.07 Å². The molecule has 7 heteroatoms. The van der Waals surface area contributed by atoms with Gasteiger partial charge in [0.1, 0.15) is 5.82 Å². The number of aromatic nitrogens is 4. The fraction of sp³-hybridized carbons (Fsp3) is 0.632. The number of anilines is 1. The van der Waals surface area contributed by atoms with Crippen molar-refractivity contribution in [3.05, 3.63) is 35.9 Å². The minimum atomic E-state index is -0.148. The van der Waals surface area contributed by atoms with E-state index in [0.29, 0.717) is 11.6 Å². The van der Waals surface area contributed by atoms with Crippen LogP contribution in [0.15, 0.2) is 24.3 Å². The zero-order chi connectivity index (χ0) is 18.5. The van der Waals surface area contributed by atoms with Crippen LogP contribution in [0.25, 0.3) is 0 Å². The molecule has 0 aliphatic carbocycles. The highest BCUT2D eigenvalue weighted by Crippen LogP contribution is 2.26. The van der Waals surface area contributed by atoms with Crippen molar-refractivity contribution < 1.29 is 4.39 Å². The molecule has 0 radical (unpaired) electrons. The number of tetrazole rings is 1. The molecule has 0 amide bonds. The number of hydrogen-bond donors (Lipinski definition) is 0. The lowest BCUT2D eigenvalue weighted by molar-refractivity contribution is 0.168. The Morgan fingerprint density at radius 1 is 1.12 bits per heavy atom. The average Bonchev–Trinajstić information content (AvgIpc) is 3.10. The van der Waals surface area contributed by atoms with Gasteiger partial charge in [-0.25, -0.2) is 9.07 Å². The maximum Gasteiger partial charge on any atom is 0.168 e. The maximum atomic E-state index is 14.0. The lowest BCUT2D eigenvalue weighted by Crippen LogP contribution is -2.48. The normalized spacial score (nSPS) is 17.0. The van der Waals surface area contributed by atoms with Crippen LogP contribution >= 0.6 is 0 Å². The van der Waals surface area contributed by atoms with E-state index in [0.717, 1.165) is 51.4 Å². The molecule has 1 aliphatic heterocycles. The number of aryl methyl sites for hydroxylation is 1. The molecule has 2 aromatic rings. The minimum absolute atomic E-state index is 0.148. The second kappa shape index (κ2) is 8.58. The van der Waals surface area contributed by atoms with Gasteiger partial charge in [-0.15, -0.1) is 5.10 Å². The topological polar surface area (TPSA) is 50.1 Å². The van der Waals surface area contributed by atoms with Crippen LogP contribution in [0, 0.1) is 11.7 Å². The van der Waals surface area contributed by atoms with Gasteiger partial charge in [-0.1, -0.05) is 32.9 Å². The second-order valence-corrected chi connectivity index (χ2v) is 7.34. The molecule has 142 valence electrons. The van der Waals surface area contributed by atoms with Gasteiger partial charge in [0.25, 0.3) is 0 Å². The molecule has 1 aromatic carbocycles. The Kier molecular flexibility index (Phi) is 6.19. The summed E-state index contributed by atoms with van der Waals surface area (Å²) in [5.41, 5.74) is 0.696. The standard InChI is InChI=1S/C19H29FN6/c1-4-17(19-21-22-23-26(19)10-9-15(2)3)24-11-13-25(14-12-24)18-8-6-5-7-16(18)20/h5-8,15,17H,4,9-14H2,1-3H3/t17-/m0/s1. The summed E-state index contributed by atoms with van der Waals surface area (Å²) in [5.74, 6) is 1.43. The van der Waals surface area contributed by atoms with Crippen LogP contribution in [0.3, 0.4) is 0 Å². The molecule has 0 N–H and O–H groups in total. The van der Waals surface area contributed by atoms with Crippen molar-refractivity contribution in [1.82, 2.24) is 25.1 Å². The zero-order valence-electron chi connectivity index (χ0n) is 16.0. The number of benzene rings is 1. The summed E-state index contributed by atoms with van der Waals surface area (Å²) >= 11 is 0. The molecule has 0 unspecified atom stereocenters. The van der Waals surface area contributed by atoms with E-state index in [2.05, 4.69) is 46.1 Å². The first-order chi connectivity index (χ1) is 12.6. The molecule has 1 aliphatic rings. The molecule has 1 atom stereocenters. The van der Waals surface area contributed by atoms with Crippen LogP contribution in [0.2, 0.25) is 0 Å². The van der Waals surface area contributed by atoms with E-state index < -0.39 is 0 Å². The third kappa shape index (κ3) is 4.20. The van der Waals surface area contributed by atoms with Crippen molar-refractivity contribution in [2.24, 2.45) is 5.92 Å². The quantitative estimate of drug-likeness (QED) is 0.759. The van der Waals surface area contributed by atoms with Gasteiger partial charge in [0.05, 0.1) is 11.7 Å². The largest absolute Gasteiger partial charge is 0.367 e. The molecular formula is C19H29FN6. The van der Waals surface area contributed by atoms with E-state index >= 15 is 0 Å². The van der Waals surface area contributed by atoms with Crippen molar-refractivity contribution in [3.63, 3.8) is 0 Å². The fourth-order valence-corrected chi connectivity index (χ4v) is 3.58. The second-order valence-electron chi connectivity index (χ2n) is 7.34. The number of para-hydroxylation sites is 1. The van der Waals surface area contributed by atoms with Crippen LogP contribution in [-0.4, -0.2) is 51.3 Å². The molecule has 6 nitrogen and oxygen atoms in total. The van der Waals surface area contributed by atoms with Gasteiger partial charge in [0, 0.05) is 32.7 Å². The van der Waals surface area contributed by atoms with Crippen molar-refractivity contribution in [1.29, 1.82) is 0 Å². The number of hydrogen-bond acceptors (Lipinski definition) is 5. The molecule has 0 bridgehead atoms. The van der Waals surface area contributed by atoms with E-state index in [4.69, 9.17) is 0 Å². The summed E-state index contributed by atoms with van der Waals surface area (Å²) in [6.07, 6.45) is 2.03. The van der Waals surface area contributed by atoms with E-state index in [1.165, 1.54) is 6.07 Å². The Labute approximate surface area is 155 Å². The molecule has 1 saturated heterocycles. The van der Waals surface area contributed by atoms with Crippen LogP contribution < -0.4 is 4.90 Å². The fourth-order valence-electron chi connectivity index (χ4n) is 3.58. The van der Waals surface area contributed by atoms with Gasteiger partial charge in [-0.3, -0.25) is 4.90 Å². The predicted octanol–water partition coefficient (Wildman–Crippen LogP) is 3.13. The first kappa shape index (κ1) is 18.8. The highest BCUT2D eigenvalue weighted by molar-refractivity contribution is 5.48. The Balaban J connectivity index is 1.66. The van der Waals surface area contributed by atoms with E-state index in [9.17, 15) is 4.39 Å². The monoisotopic (exact) mass is 360 g/mol. The average molecular weight is 360 g/mol. The Hall–Kier alpha value is -2.02. The Morgan fingerprint density at radius 2 is 1.85 bits per heavy atom. The van der Waals surface area contributed by atoms with Gasteiger partial charge in [-0.2, -0.15) is 0 Å². The van der Waals surface area contributed by atoms with Gasteiger partial charge in [0.15, 0.2) is 5.82 Å². The Bertz CT molecular complexity index is 693. The number of piperazine rings is 1. The highest BCUT2D eigenvalue weighted by Gasteiger charge is 2.28. The summed E-state index contributed by atoms with van der Waals surface area (Å²) in [7, 11) is 0. The van der Waals surface area contributed by atoms with Crippen LogP contribution in [0.5, 0.6) is 0 Å². The number of nitrogens with zero attached hydrogens (tertiary/aromatic N) is 6. The van der Waals surface area contributed by atoms with Crippen molar-refractivity contribution >= 4 is 5.69 Å². The van der Waals surface area contributed by atoms with Crippen molar-refractivity contribution in [2.75, 3.05) is 31.1 Å². The van der Waals surface area contributed by atoms with Crippen LogP contribution in [0.1, 0.15) is 45.5 Å². The van der Waals surface area contributed by atoms with Gasteiger partial charge < -0.3 is 4.90 Å². The Morgan fingerprint density at radius 3 is 2.50 bits per heavy atom. The lowest BCUT2D eigenvalue weighted by atomic mass is 10.1. The molecule has 2 heterocycles. The molecule has 1 fully saturated rings. The molecule has 0 spiro atoms. The molecule has 0 saturated carbocycles. The van der Waals surface area contributed by atoms with Gasteiger partial charge in [0.2, 0.25) is 0 Å². The van der Waals surface area contributed by atoms with Crippen molar-refractivity contribution in [2.45, 2.75) is 46.2 Å². The third-order valence-electron chi connectivity index (χ3n) is 5.11. The van der Waals surface area contributed by atoms with Crippen LogP contribution in [-0.2, 0) is 6.54 Å². The smallest absolute Gasteiger partial charge is 0.168 e.